The van der Waals surface area contributed by atoms with Gasteiger partial charge in [-0.1, -0.05) is 30.0 Å². The molecule has 0 saturated carbocycles. The van der Waals surface area contributed by atoms with Crippen LogP contribution in [0, 0.1) is 6.92 Å². The van der Waals surface area contributed by atoms with Gasteiger partial charge in [0.05, 0.1) is 6.04 Å². The number of anilines is 1. The van der Waals surface area contributed by atoms with Gasteiger partial charge in [-0.25, -0.2) is 4.98 Å². The molecule has 0 aromatic carbocycles. The van der Waals surface area contributed by atoms with Crippen LogP contribution in [0.15, 0.2) is 16.0 Å². The van der Waals surface area contributed by atoms with Crippen molar-refractivity contribution in [3.63, 3.8) is 0 Å². The lowest BCUT2D eigenvalue weighted by molar-refractivity contribution is -0.116. The minimum Gasteiger partial charge on any atom is -0.300 e. The zero-order valence-electron chi connectivity index (χ0n) is 12.2. The normalized spacial score (nSPS) is 16.5. The number of nitrogens with one attached hydrogen (secondary N) is 1. The summed E-state index contributed by atoms with van der Waals surface area (Å²) < 4.78 is 1.62. The predicted molar refractivity (Wildman–Crippen MR) is 85.5 cm³/mol. The number of thioether (sulfide) groups is 1. The number of hydrogen-bond donors (Lipinski definition) is 1. The van der Waals surface area contributed by atoms with Gasteiger partial charge < -0.3 is 5.32 Å². The molecule has 1 unspecified atom stereocenters. The minimum absolute atomic E-state index is 0.0867. The molecule has 0 aliphatic carbocycles. The van der Waals surface area contributed by atoms with E-state index in [0.29, 0.717) is 16.0 Å². The Hall–Kier alpha value is -1.74. The average Bonchev–Trinajstić information content (AvgIpc) is 3.05. The third kappa shape index (κ3) is 3.05. The van der Waals surface area contributed by atoms with Gasteiger partial charge in [-0.05, 0) is 13.3 Å². The van der Waals surface area contributed by atoms with E-state index in [1.165, 1.54) is 23.1 Å². The SMILES string of the molecule is CCc1cc(=O)n2c(n1)SCC2CC(=O)Nc1nnc(C)s1. The van der Waals surface area contributed by atoms with Crippen molar-refractivity contribution >= 4 is 34.1 Å². The summed E-state index contributed by atoms with van der Waals surface area (Å²) in [5.41, 5.74) is 0.703. The molecular weight excluding hydrogens is 322 g/mol. The van der Waals surface area contributed by atoms with Crippen LogP contribution in [0.25, 0.3) is 0 Å². The molecular formula is C13H15N5O2S2. The zero-order chi connectivity index (χ0) is 15.7. The number of nitrogens with zero attached hydrogens (tertiary/aromatic N) is 4. The third-order valence-electron chi connectivity index (χ3n) is 3.30. The molecule has 1 aliphatic heterocycles. The topological polar surface area (TPSA) is 89.8 Å². The standard InChI is InChI=1S/C13H15N5O2S2/c1-3-8-4-11(20)18-9(6-21-13(18)14-8)5-10(19)15-12-17-16-7(2)22-12/h4,9H,3,5-6H2,1-2H3,(H,15,17,19). The predicted octanol–water partition coefficient (Wildman–Crippen LogP) is 1.64. The number of carbonyl (C=O) groups is 1. The summed E-state index contributed by atoms with van der Waals surface area (Å²) in [4.78, 5) is 28.8. The number of aromatic nitrogens is 4. The second kappa shape index (κ2) is 6.17. The van der Waals surface area contributed by atoms with Crippen LogP contribution >= 0.6 is 23.1 Å². The molecule has 0 saturated heterocycles. The molecule has 2 aromatic rings. The Labute approximate surface area is 135 Å². The van der Waals surface area contributed by atoms with Crippen molar-refractivity contribution in [3.8, 4) is 0 Å². The van der Waals surface area contributed by atoms with Crippen LogP contribution in [0.2, 0.25) is 0 Å². The molecule has 116 valence electrons. The molecule has 1 N–H and O–H groups in total. The van der Waals surface area contributed by atoms with Crippen LogP contribution in [0.3, 0.4) is 0 Å². The highest BCUT2D eigenvalue weighted by molar-refractivity contribution is 7.99. The van der Waals surface area contributed by atoms with E-state index in [-0.39, 0.29) is 23.9 Å². The van der Waals surface area contributed by atoms with Crippen LogP contribution in [-0.2, 0) is 11.2 Å². The Morgan fingerprint density at radius 1 is 1.50 bits per heavy atom. The summed E-state index contributed by atoms with van der Waals surface area (Å²) in [6.07, 6.45) is 0.955. The first-order valence-corrected chi connectivity index (χ1v) is 8.72. The van der Waals surface area contributed by atoms with E-state index in [0.717, 1.165) is 17.1 Å². The van der Waals surface area contributed by atoms with Crippen molar-refractivity contribution in [2.75, 3.05) is 11.1 Å². The third-order valence-corrected chi connectivity index (χ3v) is 5.15. The van der Waals surface area contributed by atoms with Gasteiger partial charge in [0.15, 0.2) is 5.16 Å². The minimum atomic E-state index is -0.167. The fraction of sp³-hybridized carbons (Fsp3) is 0.462. The van der Waals surface area contributed by atoms with Crippen molar-refractivity contribution in [1.82, 2.24) is 19.7 Å². The van der Waals surface area contributed by atoms with Gasteiger partial charge in [-0.3, -0.25) is 14.2 Å². The number of carbonyl (C=O) groups excluding carboxylic acids is 1. The maximum Gasteiger partial charge on any atom is 0.254 e. The highest BCUT2D eigenvalue weighted by atomic mass is 32.2. The quantitative estimate of drug-likeness (QED) is 0.853. The molecule has 0 radical (unpaired) electrons. The van der Waals surface area contributed by atoms with Crippen LogP contribution in [0.1, 0.15) is 30.1 Å². The Morgan fingerprint density at radius 3 is 3.00 bits per heavy atom. The molecule has 2 aromatic heterocycles. The molecule has 9 heteroatoms. The zero-order valence-corrected chi connectivity index (χ0v) is 13.8. The molecule has 1 aliphatic rings. The molecule has 0 fully saturated rings. The number of hydrogen-bond acceptors (Lipinski definition) is 7. The van der Waals surface area contributed by atoms with Gasteiger partial charge in [0.1, 0.15) is 5.01 Å². The fourth-order valence-electron chi connectivity index (χ4n) is 2.26. The summed E-state index contributed by atoms with van der Waals surface area (Å²) in [6.45, 7) is 3.79. The van der Waals surface area contributed by atoms with Gasteiger partial charge in [0, 0.05) is 23.9 Å². The number of fused-ring (bicyclic) bond motifs is 1. The van der Waals surface area contributed by atoms with Crippen molar-refractivity contribution < 1.29 is 4.79 Å². The molecule has 22 heavy (non-hydrogen) atoms. The van der Waals surface area contributed by atoms with E-state index >= 15 is 0 Å². The van der Waals surface area contributed by atoms with E-state index < -0.39 is 0 Å². The average molecular weight is 337 g/mol. The lowest BCUT2D eigenvalue weighted by atomic mass is 10.2. The highest BCUT2D eigenvalue weighted by Crippen LogP contribution is 2.32. The lowest BCUT2D eigenvalue weighted by Crippen LogP contribution is -2.27. The van der Waals surface area contributed by atoms with Crippen molar-refractivity contribution in [3.05, 3.63) is 27.1 Å². The van der Waals surface area contributed by atoms with Gasteiger partial charge in [-0.2, -0.15) is 0 Å². The fourth-order valence-corrected chi connectivity index (χ4v) is 4.04. The number of rotatable bonds is 4. The van der Waals surface area contributed by atoms with Crippen molar-refractivity contribution in [2.45, 2.75) is 37.9 Å². The highest BCUT2D eigenvalue weighted by Gasteiger charge is 2.27. The molecule has 3 rings (SSSR count). The van der Waals surface area contributed by atoms with E-state index in [1.807, 2.05) is 13.8 Å². The van der Waals surface area contributed by atoms with Crippen LogP contribution in [-0.4, -0.2) is 31.4 Å². The van der Waals surface area contributed by atoms with E-state index in [9.17, 15) is 9.59 Å². The van der Waals surface area contributed by atoms with Gasteiger partial charge in [0.2, 0.25) is 11.0 Å². The number of aryl methyl sites for hydroxylation is 2. The first kappa shape index (κ1) is 15.2. The summed E-state index contributed by atoms with van der Waals surface area (Å²) in [7, 11) is 0. The van der Waals surface area contributed by atoms with E-state index in [1.54, 1.807) is 10.6 Å². The van der Waals surface area contributed by atoms with Gasteiger partial charge in [-0.15, -0.1) is 10.2 Å². The van der Waals surface area contributed by atoms with Crippen LogP contribution in [0.4, 0.5) is 5.13 Å². The Bertz CT molecular complexity index is 770. The monoisotopic (exact) mass is 337 g/mol. The van der Waals surface area contributed by atoms with Crippen molar-refractivity contribution in [2.24, 2.45) is 0 Å². The second-order valence-electron chi connectivity index (χ2n) is 4.94. The summed E-state index contributed by atoms with van der Waals surface area (Å²) in [5.74, 6) is 0.513. The Balaban J connectivity index is 1.73. The van der Waals surface area contributed by atoms with Gasteiger partial charge in [0.25, 0.3) is 5.56 Å². The number of amides is 1. The van der Waals surface area contributed by atoms with E-state index in [2.05, 4.69) is 20.5 Å². The first-order chi connectivity index (χ1) is 10.6. The molecule has 3 heterocycles. The maximum atomic E-state index is 12.2. The van der Waals surface area contributed by atoms with Crippen LogP contribution < -0.4 is 10.9 Å². The largest absolute Gasteiger partial charge is 0.300 e. The molecule has 7 nitrogen and oxygen atoms in total. The lowest BCUT2D eigenvalue weighted by Gasteiger charge is -2.12. The van der Waals surface area contributed by atoms with Crippen molar-refractivity contribution in [1.29, 1.82) is 0 Å². The maximum absolute atomic E-state index is 12.2. The van der Waals surface area contributed by atoms with Gasteiger partial charge >= 0.3 is 0 Å². The second-order valence-corrected chi connectivity index (χ2v) is 7.10. The Morgan fingerprint density at radius 2 is 2.32 bits per heavy atom. The summed E-state index contributed by atoms with van der Waals surface area (Å²) in [6, 6.07) is 1.38. The van der Waals surface area contributed by atoms with E-state index in [4.69, 9.17) is 0 Å². The summed E-state index contributed by atoms with van der Waals surface area (Å²) in [5, 5.41) is 12.4. The molecule has 0 spiro atoms. The Kier molecular flexibility index (Phi) is 4.25. The molecule has 1 atom stereocenters. The smallest absolute Gasteiger partial charge is 0.254 e. The molecule has 1 amide bonds. The first-order valence-electron chi connectivity index (χ1n) is 6.92. The van der Waals surface area contributed by atoms with Crippen LogP contribution in [0.5, 0.6) is 0 Å². The summed E-state index contributed by atoms with van der Waals surface area (Å²) >= 11 is 2.85. The molecule has 0 bridgehead atoms.